The van der Waals surface area contributed by atoms with Crippen LogP contribution in [0.2, 0.25) is 0 Å². The Hall–Kier alpha value is -2.73. The van der Waals surface area contributed by atoms with E-state index in [4.69, 9.17) is 14.2 Å². The van der Waals surface area contributed by atoms with Crippen molar-refractivity contribution in [3.63, 3.8) is 0 Å². The molecule has 0 aliphatic carbocycles. The molecule has 6 nitrogen and oxygen atoms in total. The second-order valence-corrected chi connectivity index (χ2v) is 7.75. The van der Waals surface area contributed by atoms with Crippen molar-refractivity contribution < 1.29 is 24.1 Å². The maximum absolute atomic E-state index is 12.5. The third kappa shape index (κ3) is 5.16. The van der Waals surface area contributed by atoms with Gasteiger partial charge in [0.2, 0.25) is 0 Å². The number of phenols is 1. The number of morpholine rings is 1. The quantitative estimate of drug-likeness (QED) is 0.856. The van der Waals surface area contributed by atoms with Gasteiger partial charge in [0.05, 0.1) is 13.2 Å². The molecule has 0 bridgehead atoms. The lowest BCUT2D eigenvalue weighted by Gasteiger charge is -2.37. The average molecular weight is 385 g/mol. The summed E-state index contributed by atoms with van der Waals surface area (Å²) in [5.41, 5.74) is 0.345. The number of aromatic hydroxyl groups is 1. The molecule has 2 atom stereocenters. The molecular formula is C22H27NO5. The molecule has 150 valence electrons. The van der Waals surface area contributed by atoms with Gasteiger partial charge in [-0.05, 0) is 38.5 Å². The molecule has 0 aromatic heterocycles. The predicted octanol–water partition coefficient (Wildman–Crippen LogP) is 4.15. The summed E-state index contributed by atoms with van der Waals surface area (Å²) >= 11 is 0. The Balaban J connectivity index is 1.81. The maximum atomic E-state index is 12.5. The van der Waals surface area contributed by atoms with E-state index in [1.165, 1.54) is 0 Å². The first-order valence-corrected chi connectivity index (χ1v) is 9.42. The van der Waals surface area contributed by atoms with Crippen LogP contribution in [0.1, 0.15) is 32.4 Å². The van der Waals surface area contributed by atoms with E-state index in [9.17, 15) is 9.90 Å². The maximum Gasteiger partial charge on any atom is 0.410 e. The molecule has 1 saturated heterocycles. The van der Waals surface area contributed by atoms with Gasteiger partial charge in [-0.3, -0.25) is 0 Å². The Labute approximate surface area is 165 Å². The summed E-state index contributed by atoms with van der Waals surface area (Å²) in [4.78, 5) is 14.1. The summed E-state index contributed by atoms with van der Waals surface area (Å²) in [5, 5.41) is 10.1. The summed E-state index contributed by atoms with van der Waals surface area (Å²) in [6.07, 6.45) is -1.25. The summed E-state index contributed by atoms with van der Waals surface area (Å²) in [6, 6.07) is 16.5. The van der Waals surface area contributed by atoms with Crippen LogP contribution in [0.5, 0.6) is 11.5 Å². The van der Waals surface area contributed by atoms with Gasteiger partial charge in [0, 0.05) is 6.54 Å². The molecule has 1 aliphatic rings. The minimum atomic E-state index is -0.559. The second-order valence-electron chi connectivity index (χ2n) is 7.75. The number of amides is 1. The molecule has 0 radical (unpaired) electrons. The fourth-order valence-corrected chi connectivity index (χ4v) is 3.05. The predicted molar refractivity (Wildman–Crippen MR) is 105 cm³/mol. The Kier molecular flexibility index (Phi) is 6.09. The zero-order valence-corrected chi connectivity index (χ0v) is 16.5. The Bertz CT molecular complexity index is 787. The molecule has 0 saturated carbocycles. The number of hydrogen-bond donors (Lipinski definition) is 1. The van der Waals surface area contributed by atoms with E-state index in [2.05, 4.69) is 0 Å². The summed E-state index contributed by atoms with van der Waals surface area (Å²) in [5.74, 6) is 0.428. The van der Waals surface area contributed by atoms with Crippen LogP contribution in [0.3, 0.4) is 0 Å². The first-order chi connectivity index (χ1) is 13.3. The number of carbonyl (C=O) groups is 1. The summed E-state index contributed by atoms with van der Waals surface area (Å²) < 4.78 is 17.6. The molecule has 6 heteroatoms. The third-order valence-electron chi connectivity index (χ3n) is 4.33. The monoisotopic (exact) mass is 385 g/mol. The van der Waals surface area contributed by atoms with Crippen molar-refractivity contribution in [1.29, 1.82) is 0 Å². The van der Waals surface area contributed by atoms with Crippen molar-refractivity contribution in [2.45, 2.75) is 38.6 Å². The minimum absolute atomic E-state index is 0.0586. The number of para-hydroxylation sites is 2. The van der Waals surface area contributed by atoms with E-state index in [0.717, 1.165) is 5.56 Å². The standard InChI is InChI=1S/C22H27NO5/c1-22(2,3)28-21(25)23-13-14-26-19(15-23)20(16-9-5-4-6-10-16)27-18-12-8-7-11-17(18)24/h4-12,19-20,24H,13-15H2,1-3H3/t19-,20-/m0/s1. The van der Waals surface area contributed by atoms with Gasteiger partial charge >= 0.3 is 6.09 Å². The number of ether oxygens (including phenoxy) is 3. The van der Waals surface area contributed by atoms with Crippen molar-refractivity contribution in [2.24, 2.45) is 0 Å². The van der Waals surface area contributed by atoms with Crippen LogP contribution in [0, 0.1) is 0 Å². The van der Waals surface area contributed by atoms with Gasteiger partial charge in [0.25, 0.3) is 0 Å². The minimum Gasteiger partial charge on any atom is -0.504 e. The van der Waals surface area contributed by atoms with Crippen LogP contribution < -0.4 is 4.74 Å². The zero-order chi connectivity index (χ0) is 20.1. The van der Waals surface area contributed by atoms with Gasteiger partial charge in [-0.15, -0.1) is 0 Å². The highest BCUT2D eigenvalue weighted by molar-refractivity contribution is 5.68. The Morgan fingerprint density at radius 3 is 2.50 bits per heavy atom. The molecule has 28 heavy (non-hydrogen) atoms. The van der Waals surface area contributed by atoms with Gasteiger partial charge in [-0.25, -0.2) is 4.79 Å². The van der Waals surface area contributed by atoms with Crippen LogP contribution >= 0.6 is 0 Å². The van der Waals surface area contributed by atoms with Crippen molar-refractivity contribution in [2.75, 3.05) is 19.7 Å². The molecule has 2 aromatic rings. The van der Waals surface area contributed by atoms with E-state index in [1.54, 1.807) is 29.2 Å². The summed E-state index contributed by atoms with van der Waals surface area (Å²) in [6.45, 7) is 6.72. The zero-order valence-electron chi connectivity index (χ0n) is 16.5. The molecule has 1 fully saturated rings. The van der Waals surface area contributed by atoms with Crippen molar-refractivity contribution in [3.8, 4) is 11.5 Å². The number of benzene rings is 2. The van der Waals surface area contributed by atoms with Gasteiger partial charge in [0.1, 0.15) is 11.7 Å². The lowest BCUT2D eigenvalue weighted by Crippen LogP contribution is -2.50. The number of carbonyl (C=O) groups excluding carboxylic acids is 1. The molecule has 1 amide bonds. The van der Waals surface area contributed by atoms with E-state index in [1.807, 2.05) is 51.1 Å². The molecule has 2 aromatic carbocycles. The molecule has 3 rings (SSSR count). The van der Waals surface area contributed by atoms with Crippen LogP contribution in [0.4, 0.5) is 4.79 Å². The van der Waals surface area contributed by atoms with E-state index >= 15 is 0 Å². The Morgan fingerprint density at radius 1 is 1.14 bits per heavy atom. The van der Waals surface area contributed by atoms with Gasteiger partial charge in [-0.1, -0.05) is 42.5 Å². The topological polar surface area (TPSA) is 68.2 Å². The van der Waals surface area contributed by atoms with Crippen LogP contribution in [0.25, 0.3) is 0 Å². The molecule has 0 unspecified atom stereocenters. The number of rotatable bonds is 4. The first-order valence-electron chi connectivity index (χ1n) is 9.42. The van der Waals surface area contributed by atoms with Gasteiger partial charge in [0.15, 0.2) is 17.6 Å². The first kappa shape index (κ1) is 20.0. The molecule has 0 spiro atoms. The van der Waals surface area contributed by atoms with Crippen molar-refractivity contribution in [1.82, 2.24) is 4.90 Å². The molecule has 1 N–H and O–H groups in total. The fourth-order valence-electron chi connectivity index (χ4n) is 3.05. The molecule has 1 heterocycles. The van der Waals surface area contributed by atoms with Gasteiger partial charge in [-0.2, -0.15) is 0 Å². The Morgan fingerprint density at radius 2 is 1.82 bits per heavy atom. The van der Waals surface area contributed by atoms with Gasteiger partial charge < -0.3 is 24.2 Å². The van der Waals surface area contributed by atoms with E-state index < -0.39 is 17.8 Å². The SMILES string of the molecule is CC(C)(C)OC(=O)N1CCO[C@H]([C@@H](Oc2ccccc2O)c2ccccc2)C1. The third-order valence-corrected chi connectivity index (χ3v) is 4.33. The fraction of sp³-hybridized carbons (Fsp3) is 0.409. The lowest BCUT2D eigenvalue weighted by molar-refractivity contribution is -0.0840. The number of hydrogen-bond acceptors (Lipinski definition) is 5. The average Bonchev–Trinajstić information content (AvgIpc) is 2.67. The highest BCUT2D eigenvalue weighted by Gasteiger charge is 2.34. The highest BCUT2D eigenvalue weighted by Crippen LogP contribution is 2.33. The largest absolute Gasteiger partial charge is 0.504 e. The van der Waals surface area contributed by atoms with E-state index in [-0.39, 0.29) is 11.8 Å². The molecule has 1 aliphatic heterocycles. The molecular weight excluding hydrogens is 358 g/mol. The van der Waals surface area contributed by atoms with Crippen LogP contribution in [-0.2, 0) is 9.47 Å². The van der Waals surface area contributed by atoms with Crippen molar-refractivity contribution in [3.05, 3.63) is 60.2 Å². The number of nitrogens with zero attached hydrogens (tertiary/aromatic N) is 1. The smallest absolute Gasteiger partial charge is 0.410 e. The lowest BCUT2D eigenvalue weighted by atomic mass is 10.0. The van der Waals surface area contributed by atoms with Crippen LogP contribution in [-0.4, -0.2) is 47.5 Å². The highest BCUT2D eigenvalue weighted by atomic mass is 16.6. The van der Waals surface area contributed by atoms with E-state index in [0.29, 0.717) is 25.4 Å². The number of phenolic OH excluding ortho intramolecular Hbond substituents is 1. The normalized spacial score (nSPS) is 18.4. The summed E-state index contributed by atoms with van der Waals surface area (Å²) in [7, 11) is 0. The van der Waals surface area contributed by atoms with Crippen LogP contribution in [0.15, 0.2) is 54.6 Å². The second kappa shape index (κ2) is 8.52. The van der Waals surface area contributed by atoms with Crippen molar-refractivity contribution >= 4 is 6.09 Å².